The van der Waals surface area contributed by atoms with Crippen molar-refractivity contribution in [3.05, 3.63) is 107 Å². The molecule has 1 aromatic heterocycles. The summed E-state index contributed by atoms with van der Waals surface area (Å²) in [7, 11) is 0. The molecule has 0 amide bonds. The van der Waals surface area contributed by atoms with Gasteiger partial charge >= 0.3 is 6.18 Å². The van der Waals surface area contributed by atoms with Crippen molar-refractivity contribution in [1.29, 1.82) is 0 Å². The molecule has 1 N–H and O–H groups in total. The molecule has 33 heavy (non-hydrogen) atoms. The minimum absolute atomic E-state index is 0.0183. The van der Waals surface area contributed by atoms with Gasteiger partial charge in [-0.05, 0) is 60.7 Å². The van der Waals surface area contributed by atoms with Crippen LogP contribution in [0.25, 0.3) is 4.91 Å². The van der Waals surface area contributed by atoms with Gasteiger partial charge in [-0.15, -0.1) is 0 Å². The average molecular weight is 470 g/mol. The van der Waals surface area contributed by atoms with Crippen LogP contribution in [0.4, 0.5) is 18.9 Å². The SMILES string of the molecule is C=C(Nc1ccc(Oc2ccccc2)c(C(F)(F)F)c1C)/C(C)=C/SC(=C)c1ccnnc1. The van der Waals surface area contributed by atoms with E-state index in [1.54, 1.807) is 54.9 Å². The molecule has 3 rings (SSSR count). The highest BCUT2D eigenvalue weighted by Crippen LogP contribution is 2.43. The summed E-state index contributed by atoms with van der Waals surface area (Å²) in [5, 5.41) is 12.4. The quantitative estimate of drug-likeness (QED) is 0.341. The van der Waals surface area contributed by atoms with Crippen molar-refractivity contribution in [2.75, 3.05) is 5.32 Å². The molecule has 0 fully saturated rings. The number of halogens is 3. The number of hydrogen-bond donors (Lipinski definition) is 1. The van der Waals surface area contributed by atoms with Gasteiger partial charge in [0.15, 0.2) is 0 Å². The Kier molecular flexibility index (Phi) is 7.60. The van der Waals surface area contributed by atoms with Crippen LogP contribution in [0.1, 0.15) is 23.6 Å². The van der Waals surface area contributed by atoms with Crippen LogP contribution in [0.3, 0.4) is 0 Å². The molecule has 0 saturated heterocycles. The van der Waals surface area contributed by atoms with E-state index < -0.39 is 11.7 Å². The number of alkyl halides is 3. The molecule has 3 aromatic rings. The molecule has 1 heterocycles. The third-order valence-corrected chi connectivity index (χ3v) is 5.72. The van der Waals surface area contributed by atoms with E-state index in [9.17, 15) is 13.2 Å². The van der Waals surface area contributed by atoms with E-state index in [0.717, 1.165) is 16.0 Å². The topological polar surface area (TPSA) is 47.0 Å². The third kappa shape index (κ3) is 6.26. The Morgan fingerprint density at radius 2 is 1.79 bits per heavy atom. The predicted octanol–water partition coefficient (Wildman–Crippen LogP) is 7.83. The van der Waals surface area contributed by atoms with E-state index in [2.05, 4.69) is 28.7 Å². The molecule has 0 radical (unpaired) electrons. The van der Waals surface area contributed by atoms with Crippen molar-refractivity contribution in [3.8, 4) is 11.5 Å². The molecule has 8 heteroatoms. The van der Waals surface area contributed by atoms with Crippen molar-refractivity contribution in [2.45, 2.75) is 20.0 Å². The summed E-state index contributed by atoms with van der Waals surface area (Å²) >= 11 is 1.37. The molecule has 0 aliphatic rings. The number of benzene rings is 2. The molecular weight excluding hydrogens is 447 g/mol. The number of rotatable bonds is 8. The molecule has 0 aliphatic heterocycles. The van der Waals surface area contributed by atoms with E-state index in [0.29, 0.717) is 17.1 Å². The molecule has 2 aromatic carbocycles. The molecule has 0 saturated carbocycles. The molecule has 4 nitrogen and oxygen atoms in total. The van der Waals surface area contributed by atoms with Crippen molar-refractivity contribution in [2.24, 2.45) is 0 Å². The smallest absolute Gasteiger partial charge is 0.420 e. The van der Waals surface area contributed by atoms with E-state index in [-0.39, 0.29) is 11.3 Å². The normalized spacial score (nSPS) is 11.7. The summed E-state index contributed by atoms with van der Waals surface area (Å²) in [6.45, 7) is 11.2. The van der Waals surface area contributed by atoms with Gasteiger partial charge in [-0.1, -0.05) is 43.1 Å². The molecule has 0 spiro atoms. The van der Waals surface area contributed by atoms with E-state index >= 15 is 0 Å². The van der Waals surface area contributed by atoms with Gasteiger partial charge in [0.1, 0.15) is 17.1 Å². The Bertz CT molecular complexity index is 1180. The van der Waals surface area contributed by atoms with Crippen molar-refractivity contribution >= 4 is 22.4 Å². The van der Waals surface area contributed by atoms with Gasteiger partial charge in [-0.25, -0.2) is 0 Å². The number of nitrogens with zero attached hydrogens (tertiary/aromatic N) is 2. The number of allylic oxidation sites excluding steroid dienone is 1. The zero-order chi connectivity index (χ0) is 24.0. The Morgan fingerprint density at radius 1 is 1.06 bits per heavy atom. The van der Waals surface area contributed by atoms with Crippen LogP contribution in [-0.4, -0.2) is 10.2 Å². The lowest BCUT2D eigenvalue weighted by molar-refractivity contribution is -0.139. The third-order valence-electron chi connectivity index (χ3n) is 4.73. The zero-order valence-electron chi connectivity index (χ0n) is 18.1. The minimum Gasteiger partial charge on any atom is -0.457 e. The first-order valence-corrected chi connectivity index (χ1v) is 10.7. The van der Waals surface area contributed by atoms with Crippen LogP contribution in [0.5, 0.6) is 11.5 Å². The molecular formula is C25H22F3N3OS. The Morgan fingerprint density at radius 3 is 2.42 bits per heavy atom. The first-order chi connectivity index (χ1) is 15.7. The van der Waals surface area contributed by atoms with Crippen molar-refractivity contribution in [1.82, 2.24) is 10.2 Å². The summed E-state index contributed by atoms with van der Waals surface area (Å²) in [4.78, 5) is 0.759. The van der Waals surface area contributed by atoms with Crippen LogP contribution in [0.2, 0.25) is 0 Å². The maximum atomic E-state index is 13.9. The Hall–Kier alpha value is -3.52. The highest BCUT2D eigenvalue weighted by Gasteiger charge is 2.37. The summed E-state index contributed by atoms with van der Waals surface area (Å²) in [5.74, 6) is 0.0698. The van der Waals surface area contributed by atoms with E-state index in [1.807, 2.05) is 12.3 Å². The lowest BCUT2D eigenvalue weighted by atomic mass is 10.0. The molecule has 170 valence electrons. The van der Waals surface area contributed by atoms with Gasteiger partial charge in [0.25, 0.3) is 0 Å². The second kappa shape index (κ2) is 10.4. The van der Waals surface area contributed by atoms with Gasteiger partial charge in [0.05, 0.1) is 12.4 Å². The average Bonchev–Trinajstić information content (AvgIpc) is 2.79. The Labute approximate surface area is 194 Å². The summed E-state index contributed by atoms with van der Waals surface area (Å²) < 4.78 is 47.2. The number of ether oxygens (including phenoxy) is 1. The summed E-state index contributed by atoms with van der Waals surface area (Å²) in [6.07, 6.45) is -1.42. The van der Waals surface area contributed by atoms with Crippen LogP contribution < -0.4 is 10.1 Å². The van der Waals surface area contributed by atoms with Gasteiger partial charge in [0.2, 0.25) is 0 Å². The predicted molar refractivity (Wildman–Crippen MR) is 128 cm³/mol. The molecule has 0 bridgehead atoms. The van der Waals surface area contributed by atoms with Gasteiger partial charge in [0, 0.05) is 21.9 Å². The highest BCUT2D eigenvalue weighted by atomic mass is 32.2. The van der Waals surface area contributed by atoms with E-state index in [4.69, 9.17) is 4.74 Å². The highest BCUT2D eigenvalue weighted by molar-refractivity contribution is 8.10. The molecule has 0 unspecified atom stereocenters. The van der Waals surface area contributed by atoms with Crippen molar-refractivity contribution < 1.29 is 17.9 Å². The van der Waals surface area contributed by atoms with E-state index in [1.165, 1.54) is 24.8 Å². The second-order valence-corrected chi connectivity index (χ2v) is 8.06. The monoisotopic (exact) mass is 469 g/mol. The lowest BCUT2D eigenvalue weighted by Gasteiger charge is -2.20. The van der Waals surface area contributed by atoms with Crippen LogP contribution in [0, 0.1) is 6.92 Å². The maximum absolute atomic E-state index is 13.9. The fourth-order valence-corrected chi connectivity index (χ4v) is 3.61. The lowest BCUT2D eigenvalue weighted by Crippen LogP contribution is -2.12. The first kappa shape index (κ1) is 24.1. The second-order valence-electron chi connectivity index (χ2n) is 7.10. The number of para-hydroxylation sites is 1. The molecule has 0 aliphatic carbocycles. The van der Waals surface area contributed by atoms with Crippen LogP contribution in [0.15, 0.2) is 90.8 Å². The van der Waals surface area contributed by atoms with Gasteiger partial charge < -0.3 is 10.1 Å². The Balaban J connectivity index is 1.80. The molecule has 0 atom stereocenters. The van der Waals surface area contributed by atoms with Gasteiger partial charge in [-0.3, -0.25) is 0 Å². The van der Waals surface area contributed by atoms with Crippen LogP contribution >= 0.6 is 11.8 Å². The fourth-order valence-electron chi connectivity index (χ4n) is 2.89. The summed E-state index contributed by atoms with van der Waals surface area (Å²) in [5.41, 5.74) is 1.53. The first-order valence-electron chi connectivity index (χ1n) is 9.86. The number of hydrogen-bond acceptors (Lipinski definition) is 5. The largest absolute Gasteiger partial charge is 0.457 e. The zero-order valence-corrected chi connectivity index (χ0v) is 18.9. The van der Waals surface area contributed by atoms with Gasteiger partial charge in [-0.2, -0.15) is 23.4 Å². The number of anilines is 1. The number of aromatic nitrogens is 2. The maximum Gasteiger partial charge on any atom is 0.420 e. The van der Waals surface area contributed by atoms with Crippen molar-refractivity contribution in [3.63, 3.8) is 0 Å². The standard InChI is InChI=1S/C25H22F3N3OS/c1-16(15-33-19(4)20-12-13-29-30-14-20)18(3)31-22-10-11-23(24(17(22)2)25(26,27)28)32-21-8-6-5-7-9-21/h5-15,31H,3-4H2,1-2H3/b16-15+. The minimum atomic E-state index is -4.59. The van der Waals surface area contributed by atoms with Crippen LogP contribution in [-0.2, 0) is 6.18 Å². The number of thioether (sulfide) groups is 1. The number of nitrogens with one attached hydrogen (secondary N) is 1. The summed E-state index contributed by atoms with van der Waals surface area (Å²) in [6, 6.07) is 13.0. The fraction of sp³-hybridized carbons (Fsp3) is 0.120.